The van der Waals surface area contributed by atoms with Gasteiger partial charge in [-0.3, -0.25) is 14.9 Å². The molecule has 1 aromatic heterocycles. The minimum Gasteiger partial charge on any atom is -0.445 e. The van der Waals surface area contributed by atoms with Crippen LogP contribution in [0.4, 0.5) is 0 Å². The Morgan fingerprint density at radius 3 is 3.19 bits per heavy atom. The van der Waals surface area contributed by atoms with Crippen LogP contribution in [0.2, 0.25) is 0 Å². The molecule has 1 unspecified atom stereocenters. The van der Waals surface area contributed by atoms with Crippen LogP contribution in [0.25, 0.3) is 5.57 Å². The van der Waals surface area contributed by atoms with E-state index in [1.165, 1.54) is 6.26 Å². The van der Waals surface area contributed by atoms with E-state index in [1.54, 1.807) is 12.3 Å². The van der Waals surface area contributed by atoms with E-state index >= 15 is 0 Å². The predicted octanol–water partition coefficient (Wildman–Crippen LogP) is 0.220. The van der Waals surface area contributed by atoms with Crippen molar-refractivity contribution in [1.82, 2.24) is 14.9 Å². The van der Waals surface area contributed by atoms with Crippen LogP contribution in [0.3, 0.4) is 0 Å². The van der Waals surface area contributed by atoms with Gasteiger partial charge in [0.05, 0.1) is 12.2 Å². The lowest BCUT2D eigenvalue weighted by atomic mass is 10.1. The minimum atomic E-state index is -0.363. The number of carbonyl (C=O) groups is 1. The lowest BCUT2D eigenvalue weighted by molar-refractivity contribution is -0.157. The highest BCUT2D eigenvalue weighted by Crippen LogP contribution is 2.19. The molecular weight excluding hydrogens is 210 g/mol. The zero-order valence-electron chi connectivity index (χ0n) is 8.91. The van der Waals surface area contributed by atoms with Crippen LogP contribution in [0, 0.1) is 0 Å². The number of rotatable bonds is 3. The van der Waals surface area contributed by atoms with Crippen LogP contribution in [-0.2, 0) is 4.79 Å². The molecule has 1 N–H and O–H groups in total. The first kappa shape index (κ1) is 10.8. The number of aromatic nitrogens is 1. The summed E-state index contributed by atoms with van der Waals surface area (Å²) in [5, 5.41) is 10.0. The number of hydroxylamine groups is 2. The second-order valence-corrected chi connectivity index (χ2v) is 3.78. The van der Waals surface area contributed by atoms with E-state index in [4.69, 9.17) is 4.42 Å². The zero-order chi connectivity index (χ0) is 11.5. The van der Waals surface area contributed by atoms with Crippen LogP contribution in [-0.4, -0.2) is 52.7 Å². The molecule has 16 heavy (non-hydrogen) atoms. The molecule has 0 aromatic carbocycles. The molecule has 0 saturated carbocycles. The van der Waals surface area contributed by atoms with Crippen LogP contribution in [0.15, 0.2) is 23.0 Å². The third-order valence-corrected chi connectivity index (χ3v) is 2.49. The van der Waals surface area contributed by atoms with Crippen molar-refractivity contribution < 1.29 is 14.4 Å². The standard InChI is InChI=1S/C10H13N3O3/c1-12-5-8(10-11-2-3-16-10)4-9(6-12)13(15)7-14/h2-4,7,9,15H,5-6H2,1H3. The number of amides is 1. The lowest BCUT2D eigenvalue weighted by Crippen LogP contribution is -2.43. The fraction of sp³-hybridized carbons (Fsp3) is 0.400. The van der Waals surface area contributed by atoms with Gasteiger partial charge in [-0.25, -0.2) is 10.0 Å². The second-order valence-electron chi connectivity index (χ2n) is 3.78. The molecule has 6 nitrogen and oxygen atoms in total. The first-order chi connectivity index (χ1) is 7.70. The fourth-order valence-corrected chi connectivity index (χ4v) is 1.77. The van der Waals surface area contributed by atoms with Gasteiger partial charge in [0, 0.05) is 18.7 Å². The number of likely N-dealkylation sites (N-methyl/N-ethyl adjacent to an activating group) is 1. The molecule has 0 bridgehead atoms. The second kappa shape index (κ2) is 4.46. The van der Waals surface area contributed by atoms with Crippen LogP contribution in [0.5, 0.6) is 0 Å². The molecule has 86 valence electrons. The molecule has 2 heterocycles. The Balaban J connectivity index is 2.24. The molecule has 1 aliphatic rings. The summed E-state index contributed by atoms with van der Waals surface area (Å²) in [5.41, 5.74) is 0.865. The highest BCUT2D eigenvalue weighted by molar-refractivity contribution is 5.62. The third-order valence-electron chi connectivity index (χ3n) is 2.49. The number of nitrogens with zero attached hydrogens (tertiary/aromatic N) is 3. The van der Waals surface area contributed by atoms with E-state index in [9.17, 15) is 10.0 Å². The number of hydrogen-bond acceptors (Lipinski definition) is 5. The van der Waals surface area contributed by atoms with Crippen molar-refractivity contribution in [2.45, 2.75) is 6.04 Å². The topological polar surface area (TPSA) is 69.8 Å². The van der Waals surface area contributed by atoms with Crippen molar-refractivity contribution in [2.75, 3.05) is 20.1 Å². The predicted molar refractivity (Wildman–Crippen MR) is 55.5 cm³/mol. The number of hydrogen-bond donors (Lipinski definition) is 1. The maximum atomic E-state index is 10.5. The highest BCUT2D eigenvalue weighted by Gasteiger charge is 2.23. The van der Waals surface area contributed by atoms with E-state index < -0.39 is 0 Å². The molecule has 1 amide bonds. The molecule has 1 aliphatic heterocycles. The van der Waals surface area contributed by atoms with Crippen molar-refractivity contribution in [3.05, 3.63) is 24.4 Å². The van der Waals surface area contributed by atoms with Gasteiger partial charge in [-0.05, 0) is 13.1 Å². The molecule has 6 heteroatoms. The first-order valence-electron chi connectivity index (χ1n) is 4.92. The van der Waals surface area contributed by atoms with Crippen molar-refractivity contribution in [2.24, 2.45) is 0 Å². The number of oxazole rings is 1. The van der Waals surface area contributed by atoms with Crippen molar-refractivity contribution in [3.63, 3.8) is 0 Å². The molecule has 0 spiro atoms. The monoisotopic (exact) mass is 223 g/mol. The lowest BCUT2D eigenvalue weighted by Gasteiger charge is -2.30. The summed E-state index contributed by atoms with van der Waals surface area (Å²) in [6, 6.07) is -0.363. The Labute approximate surface area is 92.7 Å². The normalized spacial score (nSPS) is 21.6. The Bertz CT molecular complexity index is 388. The summed E-state index contributed by atoms with van der Waals surface area (Å²) in [7, 11) is 1.90. The van der Waals surface area contributed by atoms with E-state index in [2.05, 4.69) is 4.98 Å². The zero-order valence-corrected chi connectivity index (χ0v) is 8.91. The Kier molecular flexibility index (Phi) is 3.02. The van der Waals surface area contributed by atoms with Crippen LogP contribution < -0.4 is 0 Å². The summed E-state index contributed by atoms with van der Waals surface area (Å²) < 4.78 is 5.19. The van der Waals surface area contributed by atoms with Gasteiger partial charge in [0.2, 0.25) is 12.3 Å². The third kappa shape index (κ3) is 2.12. The average Bonchev–Trinajstić information content (AvgIpc) is 2.80. The summed E-state index contributed by atoms with van der Waals surface area (Å²) in [6.07, 6.45) is 5.25. The molecule has 1 aromatic rings. The Morgan fingerprint density at radius 1 is 1.75 bits per heavy atom. The molecule has 0 saturated heterocycles. The van der Waals surface area contributed by atoms with Gasteiger partial charge in [-0.1, -0.05) is 0 Å². The highest BCUT2D eigenvalue weighted by atomic mass is 16.5. The number of carbonyl (C=O) groups excluding carboxylic acids is 1. The summed E-state index contributed by atoms with van der Waals surface area (Å²) in [6.45, 7) is 1.27. The molecule has 2 rings (SSSR count). The first-order valence-corrected chi connectivity index (χ1v) is 4.92. The quantitative estimate of drug-likeness (QED) is 0.451. The SMILES string of the molecule is CN1CC(c2ncco2)=CC(N(O)C=O)C1. The molecule has 0 aliphatic carbocycles. The van der Waals surface area contributed by atoms with Crippen LogP contribution >= 0.6 is 0 Å². The summed E-state index contributed by atoms with van der Waals surface area (Å²) >= 11 is 0. The molecule has 0 radical (unpaired) electrons. The molecule has 0 fully saturated rings. The molecular formula is C10H13N3O3. The van der Waals surface area contributed by atoms with E-state index in [0.717, 1.165) is 5.57 Å². The van der Waals surface area contributed by atoms with E-state index in [-0.39, 0.29) is 6.04 Å². The maximum absolute atomic E-state index is 10.5. The van der Waals surface area contributed by atoms with E-state index in [0.29, 0.717) is 30.5 Å². The summed E-state index contributed by atoms with van der Waals surface area (Å²) in [5.74, 6) is 0.524. The largest absolute Gasteiger partial charge is 0.445 e. The van der Waals surface area contributed by atoms with Gasteiger partial charge in [0.15, 0.2) is 0 Å². The van der Waals surface area contributed by atoms with Gasteiger partial charge in [0.25, 0.3) is 0 Å². The van der Waals surface area contributed by atoms with Gasteiger partial charge in [-0.2, -0.15) is 0 Å². The van der Waals surface area contributed by atoms with Crippen molar-refractivity contribution in [3.8, 4) is 0 Å². The Hall–Kier alpha value is -1.66. The van der Waals surface area contributed by atoms with Gasteiger partial charge < -0.3 is 4.42 Å². The minimum absolute atomic E-state index is 0.363. The van der Waals surface area contributed by atoms with Gasteiger partial charge in [-0.15, -0.1) is 0 Å². The van der Waals surface area contributed by atoms with Gasteiger partial charge in [0.1, 0.15) is 6.26 Å². The van der Waals surface area contributed by atoms with E-state index in [1.807, 2.05) is 11.9 Å². The van der Waals surface area contributed by atoms with Crippen LogP contribution in [0.1, 0.15) is 5.89 Å². The van der Waals surface area contributed by atoms with Gasteiger partial charge >= 0.3 is 0 Å². The molecule has 1 atom stereocenters. The smallest absolute Gasteiger partial charge is 0.233 e. The Morgan fingerprint density at radius 2 is 2.56 bits per heavy atom. The maximum Gasteiger partial charge on any atom is 0.233 e. The summed E-state index contributed by atoms with van der Waals surface area (Å²) in [4.78, 5) is 16.5. The average molecular weight is 223 g/mol. The van der Waals surface area contributed by atoms with Crippen molar-refractivity contribution in [1.29, 1.82) is 0 Å². The fourth-order valence-electron chi connectivity index (χ4n) is 1.77. The van der Waals surface area contributed by atoms with Crippen molar-refractivity contribution >= 4 is 12.0 Å².